The van der Waals surface area contributed by atoms with E-state index < -0.39 is 0 Å². The topological polar surface area (TPSA) is 20.2 Å². The zero-order valence-electron chi connectivity index (χ0n) is 10.5. The van der Waals surface area contributed by atoms with Crippen LogP contribution in [0.4, 0.5) is 0 Å². The summed E-state index contributed by atoms with van der Waals surface area (Å²) in [6, 6.07) is 0. The van der Waals surface area contributed by atoms with Crippen molar-refractivity contribution in [1.82, 2.24) is 0 Å². The molecular formula is C14H24O. The summed E-state index contributed by atoms with van der Waals surface area (Å²) in [6.45, 7) is 8.84. The summed E-state index contributed by atoms with van der Waals surface area (Å²) in [5, 5.41) is 9.54. The fraction of sp³-hybridized carbons (Fsp3) is 0.714. The highest BCUT2D eigenvalue weighted by Crippen LogP contribution is 2.41. The maximum Gasteiger partial charge on any atom is 0.0718 e. The molecule has 0 aliphatic heterocycles. The van der Waals surface area contributed by atoms with Crippen LogP contribution in [0.1, 0.15) is 47.0 Å². The molecule has 0 fully saturated rings. The lowest BCUT2D eigenvalue weighted by Gasteiger charge is -2.36. The molecule has 15 heavy (non-hydrogen) atoms. The molecule has 0 amide bonds. The SMILES string of the molecule is CC[C@@H](O)/C=C/[C@H]1C(C)=CCCC1(C)C. The average Bonchev–Trinajstić information content (AvgIpc) is 2.15. The van der Waals surface area contributed by atoms with E-state index in [9.17, 15) is 5.11 Å². The second-order valence-corrected chi connectivity index (χ2v) is 5.31. The Morgan fingerprint density at radius 3 is 2.80 bits per heavy atom. The Kier molecular flexibility index (Phi) is 4.15. The molecule has 0 spiro atoms. The van der Waals surface area contributed by atoms with Crippen molar-refractivity contribution in [2.45, 2.75) is 53.1 Å². The van der Waals surface area contributed by atoms with Crippen LogP contribution in [0.25, 0.3) is 0 Å². The summed E-state index contributed by atoms with van der Waals surface area (Å²) in [6.07, 6.45) is 9.43. The molecule has 0 saturated carbocycles. The van der Waals surface area contributed by atoms with E-state index in [1.807, 2.05) is 13.0 Å². The second-order valence-electron chi connectivity index (χ2n) is 5.31. The van der Waals surface area contributed by atoms with Gasteiger partial charge in [-0.3, -0.25) is 0 Å². The Morgan fingerprint density at radius 2 is 2.27 bits per heavy atom. The van der Waals surface area contributed by atoms with E-state index in [0.29, 0.717) is 11.3 Å². The van der Waals surface area contributed by atoms with Gasteiger partial charge in [-0.1, -0.05) is 44.6 Å². The molecule has 1 N–H and O–H groups in total. The zero-order valence-corrected chi connectivity index (χ0v) is 10.5. The van der Waals surface area contributed by atoms with Crippen LogP contribution in [-0.2, 0) is 0 Å². The standard InChI is InChI=1S/C14H24O/c1-5-12(15)8-9-13-11(2)7-6-10-14(13,3)4/h7-9,12-13,15H,5-6,10H2,1-4H3/b9-8+/t12-,13+/m1/s1. The van der Waals surface area contributed by atoms with Gasteiger partial charge in [-0.25, -0.2) is 0 Å². The predicted molar refractivity (Wildman–Crippen MR) is 65.7 cm³/mol. The number of allylic oxidation sites excluding steroid dienone is 3. The Morgan fingerprint density at radius 1 is 1.60 bits per heavy atom. The lowest BCUT2D eigenvalue weighted by Crippen LogP contribution is -2.26. The molecule has 1 heteroatoms. The van der Waals surface area contributed by atoms with Gasteiger partial charge in [0.05, 0.1) is 6.10 Å². The van der Waals surface area contributed by atoms with Crippen molar-refractivity contribution in [3.05, 3.63) is 23.8 Å². The van der Waals surface area contributed by atoms with Crippen LogP contribution in [0.15, 0.2) is 23.8 Å². The maximum absolute atomic E-state index is 9.54. The van der Waals surface area contributed by atoms with Gasteiger partial charge >= 0.3 is 0 Å². The Bertz CT molecular complexity index is 261. The van der Waals surface area contributed by atoms with Crippen molar-refractivity contribution in [1.29, 1.82) is 0 Å². The summed E-state index contributed by atoms with van der Waals surface area (Å²) >= 11 is 0. The van der Waals surface area contributed by atoms with E-state index in [2.05, 4.69) is 32.9 Å². The van der Waals surface area contributed by atoms with Gasteiger partial charge < -0.3 is 5.11 Å². The molecule has 0 heterocycles. The fourth-order valence-electron chi connectivity index (χ4n) is 2.36. The van der Waals surface area contributed by atoms with Gasteiger partial charge in [-0.2, -0.15) is 0 Å². The van der Waals surface area contributed by atoms with E-state index in [1.54, 1.807) is 0 Å². The monoisotopic (exact) mass is 208 g/mol. The van der Waals surface area contributed by atoms with Crippen molar-refractivity contribution in [2.75, 3.05) is 0 Å². The first-order valence-corrected chi connectivity index (χ1v) is 6.00. The number of hydrogen-bond acceptors (Lipinski definition) is 1. The quantitative estimate of drug-likeness (QED) is 0.701. The molecular weight excluding hydrogens is 184 g/mol. The van der Waals surface area contributed by atoms with Crippen molar-refractivity contribution >= 4 is 0 Å². The van der Waals surface area contributed by atoms with Crippen LogP contribution < -0.4 is 0 Å². The Hall–Kier alpha value is -0.560. The Balaban J connectivity index is 2.76. The zero-order chi connectivity index (χ0) is 11.5. The van der Waals surface area contributed by atoms with Crippen LogP contribution in [0.3, 0.4) is 0 Å². The molecule has 2 atom stereocenters. The molecule has 0 aromatic carbocycles. The third kappa shape index (κ3) is 3.20. The van der Waals surface area contributed by atoms with Gasteiger partial charge in [0.15, 0.2) is 0 Å². The molecule has 0 bridgehead atoms. The summed E-state index contributed by atoms with van der Waals surface area (Å²) in [5.41, 5.74) is 1.79. The van der Waals surface area contributed by atoms with E-state index in [-0.39, 0.29) is 6.10 Å². The molecule has 1 nitrogen and oxygen atoms in total. The number of aliphatic hydroxyl groups excluding tert-OH is 1. The molecule has 0 radical (unpaired) electrons. The normalized spacial score (nSPS) is 27.8. The average molecular weight is 208 g/mol. The number of hydrogen-bond donors (Lipinski definition) is 1. The van der Waals surface area contributed by atoms with E-state index >= 15 is 0 Å². The summed E-state index contributed by atoms with van der Waals surface area (Å²) in [5.74, 6) is 0.493. The molecule has 0 unspecified atom stereocenters. The van der Waals surface area contributed by atoms with Crippen LogP contribution in [0.2, 0.25) is 0 Å². The highest BCUT2D eigenvalue weighted by Gasteiger charge is 2.30. The third-order valence-corrected chi connectivity index (χ3v) is 3.53. The van der Waals surface area contributed by atoms with Gasteiger partial charge in [0.25, 0.3) is 0 Å². The lowest BCUT2D eigenvalue weighted by atomic mass is 9.68. The van der Waals surface area contributed by atoms with Crippen LogP contribution in [0.5, 0.6) is 0 Å². The summed E-state index contributed by atoms with van der Waals surface area (Å²) < 4.78 is 0. The molecule has 1 aliphatic carbocycles. The molecule has 0 aromatic rings. The molecule has 0 saturated heterocycles. The number of aliphatic hydroxyl groups is 1. The van der Waals surface area contributed by atoms with Crippen molar-refractivity contribution in [3.8, 4) is 0 Å². The maximum atomic E-state index is 9.54. The third-order valence-electron chi connectivity index (χ3n) is 3.53. The van der Waals surface area contributed by atoms with Gasteiger partial charge in [0.2, 0.25) is 0 Å². The van der Waals surface area contributed by atoms with E-state index in [1.165, 1.54) is 18.4 Å². The minimum atomic E-state index is -0.282. The van der Waals surface area contributed by atoms with Gasteiger partial charge in [0.1, 0.15) is 0 Å². The molecule has 0 aromatic heterocycles. The van der Waals surface area contributed by atoms with E-state index in [4.69, 9.17) is 0 Å². The van der Waals surface area contributed by atoms with E-state index in [0.717, 1.165) is 6.42 Å². The van der Waals surface area contributed by atoms with Crippen LogP contribution >= 0.6 is 0 Å². The minimum absolute atomic E-state index is 0.282. The fourth-order valence-corrected chi connectivity index (χ4v) is 2.36. The first kappa shape index (κ1) is 12.5. The largest absolute Gasteiger partial charge is 0.389 e. The Labute approximate surface area is 93.9 Å². The van der Waals surface area contributed by atoms with Crippen molar-refractivity contribution in [3.63, 3.8) is 0 Å². The molecule has 86 valence electrons. The van der Waals surface area contributed by atoms with Crippen molar-refractivity contribution < 1.29 is 5.11 Å². The molecule has 1 rings (SSSR count). The van der Waals surface area contributed by atoms with Crippen molar-refractivity contribution in [2.24, 2.45) is 11.3 Å². The minimum Gasteiger partial charge on any atom is -0.389 e. The predicted octanol–water partition coefficient (Wildman–Crippen LogP) is 3.70. The van der Waals surface area contributed by atoms with Crippen LogP contribution in [0, 0.1) is 11.3 Å². The molecule has 1 aliphatic rings. The lowest BCUT2D eigenvalue weighted by molar-refractivity contribution is 0.214. The van der Waals surface area contributed by atoms with Gasteiger partial charge in [-0.15, -0.1) is 0 Å². The second kappa shape index (κ2) is 4.98. The smallest absolute Gasteiger partial charge is 0.0718 e. The van der Waals surface area contributed by atoms with Gasteiger partial charge in [0, 0.05) is 5.92 Å². The highest BCUT2D eigenvalue weighted by molar-refractivity contribution is 5.19. The summed E-state index contributed by atoms with van der Waals surface area (Å²) in [7, 11) is 0. The number of rotatable bonds is 3. The van der Waals surface area contributed by atoms with Crippen LogP contribution in [-0.4, -0.2) is 11.2 Å². The first-order valence-electron chi connectivity index (χ1n) is 6.00. The first-order chi connectivity index (χ1) is 6.97. The summed E-state index contributed by atoms with van der Waals surface area (Å²) in [4.78, 5) is 0. The highest BCUT2D eigenvalue weighted by atomic mass is 16.3. The van der Waals surface area contributed by atoms with Gasteiger partial charge in [-0.05, 0) is 31.6 Å².